The van der Waals surface area contributed by atoms with Crippen LogP contribution in [0, 0.1) is 11.3 Å². The number of ether oxygens (including phenoxy) is 2. The third kappa shape index (κ3) is 8.12. The van der Waals surface area contributed by atoms with Crippen LogP contribution in [0.1, 0.15) is 78.2 Å². The number of carbonyl (C=O) groups excluding carboxylic acids is 1. The van der Waals surface area contributed by atoms with Gasteiger partial charge in [-0.15, -0.1) is 0 Å². The molecule has 4 unspecified atom stereocenters. The topological polar surface area (TPSA) is 59.0 Å². The van der Waals surface area contributed by atoms with Crippen molar-refractivity contribution in [3.05, 3.63) is 23.8 Å². The normalized spacial score (nSPS) is 22.9. The van der Waals surface area contributed by atoms with Crippen molar-refractivity contribution in [2.75, 3.05) is 33.9 Å². The monoisotopic (exact) mass is 435 g/mol. The first-order chi connectivity index (χ1) is 14.8. The molecule has 1 heterocycles. The van der Waals surface area contributed by atoms with Gasteiger partial charge in [-0.05, 0) is 61.8 Å². The number of likely N-dealkylation sites (N-methyl/N-ethyl adjacent to an activating group) is 1. The van der Waals surface area contributed by atoms with Crippen LogP contribution in [0.5, 0.6) is 11.5 Å². The van der Waals surface area contributed by atoms with Crippen LogP contribution in [0.4, 0.5) is 0 Å². The maximum Gasteiger partial charge on any atom is 0.161 e. The summed E-state index contributed by atoms with van der Waals surface area (Å²) < 4.78 is 12.1. The van der Waals surface area contributed by atoms with E-state index in [2.05, 4.69) is 64.8 Å². The van der Waals surface area contributed by atoms with E-state index in [1.165, 1.54) is 24.8 Å². The molecule has 0 radical (unpaired) electrons. The van der Waals surface area contributed by atoms with Crippen molar-refractivity contribution < 1.29 is 19.4 Å². The molecule has 1 saturated heterocycles. The standard InChI is InChI=1S/C24H41NO2.C2H4O2/c1-8-18(4)11-13-20(9-2)27-23-15-19(12-14-22(23)26-7)21-16-25(6)17-24(21,5)10-3;3-1-2-4/h12,14-15,18,20-21H,8-11,13,16-17H2,1-7H3;1,4H,2H2. The molecule has 1 aliphatic heterocycles. The summed E-state index contributed by atoms with van der Waals surface area (Å²) in [5.41, 5.74) is 1.71. The maximum atomic E-state index is 8.92. The van der Waals surface area contributed by atoms with E-state index in [4.69, 9.17) is 19.4 Å². The molecule has 5 heteroatoms. The fraction of sp³-hybridized carbons (Fsp3) is 0.731. The summed E-state index contributed by atoms with van der Waals surface area (Å²) in [5.74, 6) is 3.07. The van der Waals surface area contributed by atoms with E-state index in [9.17, 15) is 0 Å². The molecule has 4 atom stereocenters. The van der Waals surface area contributed by atoms with Gasteiger partial charge in [-0.3, -0.25) is 0 Å². The van der Waals surface area contributed by atoms with Crippen LogP contribution in [0.2, 0.25) is 0 Å². The second kappa shape index (κ2) is 13.7. The Morgan fingerprint density at radius 1 is 1.23 bits per heavy atom. The van der Waals surface area contributed by atoms with Gasteiger partial charge >= 0.3 is 0 Å². The van der Waals surface area contributed by atoms with Crippen LogP contribution in [0.3, 0.4) is 0 Å². The summed E-state index contributed by atoms with van der Waals surface area (Å²) in [5, 5.41) is 7.51. The molecule has 1 N–H and O–H groups in total. The Bertz CT molecular complexity index is 650. The average Bonchev–Trinajstić information content (AvgIpc) is 3.10. The molecule has 0 amide bonds. The summed E-state index contributed by atoms with van der Waals surface area (Å²) in [6.45, 7) is 13.5. The molecule has 1 aliphatic rings. The van der Waals surface area contributed by atoms with E-state index in [0.29, 0.717) is 17.6 Å². The van der Waals surface area contributed by atoms with Gasteiger partial charge < -0.3 is 24.3 Å². The van der Waals surface area contributed by atoms with Crippen LogP contribution in [-0.2, 0) is 4.79 Å². The lowest BCUT2D eigenvalue weighted by molar-refractivity contribution is -0.110. The van der Waals surface area contributed by atoms with Crippen molar-refractivity contribution >= 4 is 6.29 Å². The van der Waals surface area contributed by atoms with Crippen LogP contribution in [0.15, 0.2) is 18.2 Å². The van der Waals surface area contributed by atoms with Gasteiger partial charge in [0, 0.05) is 19.0 Å². The largest absolute Gasteiger partial charge is 0.493 e. The zero-order chi connectivity index (χ0) is 23.4. The van der Waals surface area contributed by atoms with Gasteiger partial charge in [0.05, 0.1) is 19.8 Å². The summed E-state index contributed by atoms with van der Waals surface area (Å²) in [6.07, 6.45) is 6.47. The Hall–Kier alpha value is -1.59. The van der Waals surface area contributed by atoms with Gasteiger partial charge in [-0.1, -0.05) is 47.1 Å². The van der Waals surface area contributed by atoms with Crippen molar-refractivity contribution in [2.45, 2.75) is 78.7 Å². The fourth-order valence-corrected chi connectivity index (χ4v) is 4.39. The number of likely N-dealkylation sites (tertiary alicyclic amines) is 1. The number of aldehydes is 1. The molecule has 1 aromatic carbocycles. The van der Waals surface area contributed by atoms with Crippen molar-refractivity contribution in [2.24, 2.45) is 11.3 Å². The Labute approximate surface area is 190 Å². The Balaban J connectivity index is 0.00000110. The molecule has 0 spiro atoms. The molecule has 0 aromatic heterocycles. The lowest BCUT2D eigenvalue weighted by atomic mass is 9.74. The summed E-state index contributed by atoms with van der Waals surface area (Å²) >= 11 is 0. The molecule has 1 fully saturated rings. The molecule has 1 aromatic rings. The van der Waals surface area contributed by atoms with Gasteiger partial charge in [0.25, 0.3) is 0 Å². The summed E-state index contributed by atoms with van der Waals surface area (Å²) in [4.78, 5) is 11.4. The second-order valence-corrected chi connectivity index (χ2v) is 9.26. The van der Waals surface area contributed by atoms with E-state index in [-0.39, 0.29) is 12.7 Å². The third-order valence-corrected chi connectivity index (χ3v) is 6.87. The first-order valence-electron chi connectivity index (χ1n) is 11.9. The van der Waals surface area contributed by atoms with Gasteiger partial charge in [0.2, 0.25) is 0 Å². The zero-order valence-corrected chi connectivity index (χ0v) is 20.8. The lowest BCUT2D eigenvalue weighted by Crippen LogP contribution is -2.24. The Morgan fingerprint density at radius 3 is 2.42 bits per heavy atom. The predicted molar refractivity (Wildman–Crippen MR) is 128 cm³/mol. The van der Waals surface area contributed by atoms with Crippen molar-refractivity contribution in [3.8, 4) is 11.5 Å². The van der Waals surface area contributed by atoms with Crippen LogP contribution in [-0.4, -0.2) is 56.3 Å². The molecule has 178 valence electrons. The van der Waals surface area contributed by atoms with E-state index < -0.39 is 0 Å². The van der Waals surface area contributed by atoms with E-state index >= 15 is 0 Å². The predicted octanol–water partition coefficient (Wildman–Crippen LogP) is 5.30. The number of rotatable bonds is 11. The molecule has 0 bridgehead atoms. The number of carbonyl (C=O) groups is 1. The number of nitrogens with zero attached hydrogens (tertiary/aromatic N) is 1. The van der Waals surface area contributed by atoms with Gasteiger partial charge in [-0.25, -0.2) is 0 Å². The Kier molecular flexibility index (Phi) is 12.2. The summed E-state index contributed by atoms with van der Waals surface area (Å²) in [6, 6.07) is 6.59. The highest BCUT2D eigenvalue weighted by atomic mass is 16.5. The second-order valence-electron chi connectivity index (χ2n) is 9.26. The molecule has 0 saturated carbocycles. The van der Waals surface area contributed by atoms with E-state index in [1.807, 2.05) is 0 Å². The zero-order valence-electron chi connectivity index (χ0n) is 20.8. The smallest absolute Gasteiger partial charge is 0.161 e. The highest BCUT2D eigenvalue weighted by molar-refractivity contribution is 5.49. The number of hydrogen-bond acceptors (Lipinski definition) is 5. The number of benzene rings is 1. The van der Waals surface area contributed by atoms with Crippen LogP contribution < -0.4 is 9.47 Å². The fourth-order valence-electron chi connectivity index (χ4n) is 4.39. The molecule has 31 heavy (non-hydrogen) atoms. The van der Waals surface area contributed by atoms with E-state index in [0.717, 1.165) is 43.3 Å². The SMILES string of the molecule is CCC(C)CCC(CC)Oc1cc(C2CN(C)CC2(C)CC)ccc1OC.O=CCO. The minimum Gasteiger partial charge on any atom is -0.493 e. The third-order valence-electron chi connectivity index (χ3n) is 6.87. The van der Waals surface area contributed by atoms with E-state index in [1.54, 1.807) is 7.11 Å². The van der Waals surface area contributed by atoms with Gasteiger partial charge in [-0.2, -0.15) is 0 Å². The maximum absolute atomic E-state index is 8.92. The van der Waals surface area contributed by atoms with Gasteiger partial charge in [0.1, 0.15) is 6.29 Å². The number of methoxy groups -OCH3 is 1. The van der Waals surface area contributed by atoms with Crippen molar-refractivity contribution in [3.63, 3.8) is 0 Å². The van der Waals surface area contributed by atoms with Gasteiger partial charge in [0.15, 0.2) is 11.5 Å². The number of aliphatic hydroxyl groups is 1. The molecular formula is C26H45NO4. The first-order valence-corrected chi connectivity index (χ1v) is 11.9. The molecule has 0 aliphatic carbocycles. The average molecular weight is 436 g/mol. The molecular weight excluding hydrogens is 390 g/mol. The van der Waals surface area contributed by atoms with Crippen molar-refractivity contribution in [1.82, 2.24) is 4.90 Å². The minimum absolute atomic E-state index is 0.256. The first kappa shape index (κ1) is 27.4. The number of hydrogen-bond donors (Lipinski definition) is 1. The minimum atomic E-state index is -0.361. The summed E-state index contributed by atoms with van der Waals surface area (Å²) in [7, 11) is 3.97. The Morgan fingerprint density at radius 2 is 1.90 bits per heavy atom. The van der Waals surface area contributed by atoms with Crippen LogP contribution >= 0.6 is 0 Å². The highest BCUT2D eigenvalue weighted by Crippen LogP contribution is 2.46. The lowest BCUT2D eigenvalue weighted by Gasteiger charge is -2.30. The van der Waals surface area contributed by atoms with Crippen LogP contribution in [0.25, 0.3) is 0 Å². The van der Waals surface area contributed by atoms with Crippen molar-refractivity contribution in [1.29, 1.82) is 0 Å². The molecule has 5 nitrogen and oxygen atoms in total. The quantitative estimate of drug-likeness (QED) is 0.478. The number of aliphatic hydroxyl groups excluding tert-OH is 1. The highest BCUT2D eigenvalue weighted by Gasteiger charge is 2.41. The molecule has 2 rings (SSSR count).